The van der Waals surface area contributed by atoms with E-state index in [-0.39, 0.29) is 0 Å². The van der Waals surface area contributed by atoms with Gasteiger partial charge in [0.1, 0.15) is 0 Å². The van der Waals surface area contributed by atoms with Gasteiger partial charge in [-0.15, -0.1) is 0 Å². The Morgan fingerprint density at radius 2 is 2.04 bits per heavy atom. The highest BCUT2D eigenvalue weighted by molar-refractivity contribution is 7.85. The lowest BCUT2D eigenvalue weighted by atomic mass is 10.1. The number of benzene rings is 1. The summed E-state index contributed by atoms with van der Waals surface area (Å²) in [5.41, 5.74) is 0. The van der Waals surface area contributed by atoms with Crippen molar-refractivity contribution in [1.82, 2.24) is 15.1 Å². The summed E-state index contributed by atoms with van der Waals surface area (Å²) in [7, 11) is 0.855. The second-order valence-corrected chi connectivity index (χ2v) is 8.42. The summed E-state index contributed by atoms with van der Waals surface area (Å²) in [5, 5.41) is 3.39. The molecule has 3 rings (SSSR count). The number of morpholine rings is 1. The van der Waals surface area contributed by atoms with Gasteiger partial charge in [-0.1, -0.05) is 18.2 Å². The highest BCUT2D eigenvalue weighted by Gasteiger charge is 2.27. The second kappa shape index (κ2) is 10.0. The molecule has 2 unspecified atom stereocenters. The summed E-state index contributed by atoms with van der Waals surface area (Å²) in [6.07, 6.45) is 1.20. The van der Waals surface area contributed by atoms with E-state index in [4.69, 9.17) is 4.74 Å². The van der Waals surface area contributed by atoms with Gasteiger partial charge in [0.25, 0.3) is 0 Å². The van der Waals surface area contributed by atoms with E-state index in [1.54, 1.807) is 0 Å². The fourth-order valence-corrected chi connectivity index (χ4v) is 4.58. The molecule has 0 saturated carbocycles. The number of nitrogens with one attached hydrogen (secondary N) is 1. The summed E-state index contributed by atoms with van der Waals surface area (Å²) < 4.78 is 17.7. The lowest BCUT2D eigenvalue weighted by molar-refractivity contribution is 0.0315. The van der Waals surface area contributed by atoms with Crippen LogP contribution in [0, 0.1) is 5.92 Å². The highest BCUT2D eigenvalue weighted by Crippen LogP contribution is 2.18. The Morgan fingerprint density at radius 1 is 1.27 bits per heavy atom. The van der Waals surface area contributed by atoms with Crippen LogP contribution in [0.2, 0.25) is 0 Å². The summed E-state index contributed by atoms with van der Waals surface area (Å²) in [6, 6.07) is 9.64. The molecule has 2 aliphatic heterocycles. The van der Waals surface area contributed by atoms with Gasteiger partial charge in [0, 0.05) is 57.0 Å². The smallest absolute Gasteiger partial charge is 0.193 e. The van der Waals surface area contributed by atoms with E-state index in [0.717, 1.165) is 56.8 Å². The van der Waals surface area contributed by atoms with Gasteiger partial charge >= 0.3 is 0 Å². The number of hydrogen-bond donors (Lipinski definition) is 1. The maximum absolute atomic E-state index is 12.3. The van der Waals surface area contributed by atoms with Gasteiger partial charge in [-0.3, -0.25) is 14.1 Å². The number of rotatable bonds is 6. The van der Waals surface area contributed by atoms with Crippen molar-refractivity contribution in [3.05, 3.63) is 30.3 Å². The monoisotopic (exact) mass is 378 g/mol. The first-order valence-corrected chi connectivity index (χ1v) is 10.8. The normalized spacial score (nSPS) is 23.2. The van der Waals surface area contributed by atoms with Gasteiger partial charge in [0.15, 0.2) is 5.96 Å². The predicted molar refractivity (Wildman–Crippen MR) is 106 cm³/mol. The minimum Gasteiger partial charge on any atom is -0.379 e. The molecule has 26 heavy (non-hydrogen) atoms. The standard InChI is InChI=1S/C19H30N4O2S/c1-20-19(21-8-14-26(24)18-5-3-2-4-6-18)23-9-7-17(16-23)15-22-10-12-25-13-11-22/h2-6,17H,7-16H2,1H3,(H,20,21). The Labute approximate surface area is 159 Å². The number of aliphatic imine (C=N–C) groups is 1. The van der Waals surface area contributed by atoms with Crippen LogP contribution in [0.1, 0.15) is 6.42 Å². The molecule has 7 heteroatoms. The first-order valence-electron chi connectivity index (χ1n) is 9.45. The molecule has 2 atom stereocenters. The molecule has 144 valence electrons. The zero-order valence-electron chi connectivity index (χ0n) is 15.6. The lowest BCUT2D eigenvalue weighted by Crippen LogP contribution is -2.43. The highest BCUT2D eigenvalue weighted by atomic mass is 32.2. The first kappa shape index (κ1) is 19.3. The maximum Gasteiger partial charge on any atom is 0.193 e. The fourth-order valence-electron chi connectivity index (χ4n) is 3.60. The van der Waals surface area contributed by atoms with Gasteiger partial charge in [-0.25, -0.2) is 0 Å². The Morgan fingerprint density at radius 3 is 2.77 bits per heavy atom. The van der Waals surface area contributed by atoms with Crippen LogP contribution >= 0.6 is 0 Å². The molecular formula is C19H30N4O2S. The predicted octanol–water partition coefficient (Wildman–Crippen LogP) is 1.02. The van der Waals surface area contributed by atoms with Gasteiger partial charge < -0.3 is 15.0 Å². The molecule has 0 bridgehead atoms. The molecule has 0 radical (unpaired) electrons. The van der Waals surface area contributed by atoms with Crippen molar-refractivity contribution in [2.45, 2.75) is 11.3 Å². The fraction of sp³-hybridized carbons (Fsp3) is 0.632. The number of nitrogens with zero attached hydrogens (tertiary/aromatic N) is 3. The molecule has 1 N–H and O–H groups in total. The summed E-state index contributed by atoms with van der Waals surface area (Å²) in [4.78, 5) is 10.1. The molecule has 2 heterocycles. The van der Waals surface area contributed by atoms with Crippen molar-refractivity contribution in [2.24, 2.45) is 10.9 Å². The SMILES string of the molecule is CN=C(NCCS(=O)c1ccccc1)N1CCC(CN2CCOCC2)C1. The van der Waals surface area contributed by atoms with E-state index >= 15 is 0 Å². The third kappa shape index (κ3) is 5.53. The Kier molecular flexibility index (Phi) is 7.46. The molecule has 0 aliphatic carbocycles. The van der Waals surface area contributed by atoms with Crippen LogP contribution < -0.4 is 5.32 Å². The molecule has 0 spiro atoms. The molecule has 1 aromatic rings. The van der Waals surface area contributed by atoms with Crippen molar-refractivity contribution in [3.63, 3.8) is 0 Å². The minimum absolute atomic E-state index is 0.591. The molecule has 2 saturated heterocycles. The number of likely N-dealkylation sites (tertiary alicyclic amines) is 1. The Bertz CT molecular complexity index is 605. The number of guanidine groups is 1. The average Bonchev–Trinajstić information content (AvgIpc) is 3.15. The largest absolute Gasteiger partial charge is 0.379 e. The van der Waals surface area contributed by atoms with Crippen molar-refractivity contribution in [1.29, 1.82) is 0 Å². The van der Waals surface area contributed by atoms with Crippen LogP contribution in [0.15, 0.2) is 40.2 Å². The van der Waals surface area contributed by atoms with Crippen molar-refractivity contribution in [2.75, 3.05) is 65.3 Å². The van der Waals surface area contributed by atoms with E-state index in [1.807, 2.05) is 37.4 Å². The van der Waals surface area contributed by atoms with E-state index in [9.17, 15) is 4.21 Å². The summed E-state index contributed by atoms with van der Waals surface area (Å²) in [6.45, 7) is 7.71. The van der Waals surface area contributed by atoms with Gasteiger partial charge in [0.2, 0.25) is 0 Å². The topological polar surface area (TPSA) is 57.2 Å². The summed E-state index contributed by atoms with van der Waals surface area (Å²) in [5.74, 6) is 2.21. The molecule has 0 amide bonds. The van der Waals surface area contributed by atoms with E-state index in [1.165, 1.54) is 6.42 Å². The average molecular weight is 379 g/mol. The third-order valence-corrected chi connectivity index (χ3v) is 6.37. The number of ether oxygens (including phenoxy) is 1. The van der Waals surface area contributed by atoms with Gasteiger partial charge in [0.05, 0.1) is 24.0 Å². The Hall–Kier alpha value is -1.44. The molecule has 1 aromatic carbocycles. The van der Waals surface area contributed by atoms with E-state index in [2.05, 4.69) is 20.1 Å². The second-order valence-electron chi connectivity index (χ2n) is 6.85. The van der Waals surface area contributed by atoms with Crippen molar-refractivity contribution < 1.29 is 8.95 Å². The molecular weight excluding hydrogens is 348 g/mol. The zero-order chi connectivity index (χ0) is 18.2. The van der Waals surface area contributed by atoms with Crippen LogP contribution in [0.25, 0.3) is 0 Å². The maximum atomic E-state index is 12.3. The van der Waals surface area contributed by atoms with Gasteiger partial charge in [-0.2, -0.15) is 0 Å². The third-order valence-electron chi connectivity index (χ3n) is 4.99. The van der Waals surface area contributed by atoms with Crippen LogP contribution in [0.5, 0.6) is 0 Å². The minimum atomic E-state index is -0.970. The molecule has 2 fully saturated rings. The molecule has 0 aromatic heterocycles. The Balaban J connectivity index is 1.41. The van der Waals surface area contributed by atoms with Crippen molar-refractivity contribution >= 4 is 16.8 Å². The molecule has 2 aliphatic rings. The van der Waals surface area contributed by atoms with Crippen LogP contribution in [0.3, 0.4) is 0 Å². The number of hydrogen-bond acceptors (Lipinski definition) is 4. The lowest BCUT2D eigenvalue weighted by Gasteiger charge is -2.29. The van der Waals surface area contributed by atoms with Crippen molar-refractivity contribution in [3.8, 4) is 0 Å². The zero-order valence-corrected chi connectivity index (χ0v) is 16.4. The van der Waals surface area contributed by atoms with Crippen LogP contribution in [-0.4, -0.2) is 85.3 Å². The van der Waals surface area contributed by atoms with Crippen LogP contribution in [0.4, 0.5) is 0 Å². The van der Waals surface area contributed by atoms with E-state index < -0.39 is 10.8 Å². The summed E-state index contributed by atoms with van der Waals surface area (Å²) >= 11 is 0. The van der Waals surface area contributed by atoms with Gasteiger partial charge in [-0.05, 0) is 24.5 Å². The quantitative estimate of drug-likeness (QED) is 0.592. The first-order chi connectivity index (χ1) is 12.8. The molecule has 6 nitrogen and oxygen atoms in total. The van der Waals surface area contributed by atoms with E-state index in [0.29, 0.717) is 18.2 Å². The van der Waals surface area contributed by atoms with Crippen LogP contribution in [-0.2, 0) is 15.5 Å².